The third-order valence-corrected chi connectivity index (χ3v) is 5.44. The molecule has 1 unspecified atom stereocenters. The first-order valence-electron chi connectivity index (χ1n) is 8.79. The number of thiophene rings is 1. The van der Waals surface area contributed by atoms with Gasteiger partial charge >= 0.3 is 0 Å². The fraction of sp³-hybridized carbons (Fsp3) is 0.421. The highest BCUT2D eigenvalue weighted by atomic mass is 32.1. The van der Waals surface area contributed by atoms with Crippen molar-refractivity contribution in [3.8, 4) is 0 Å². The second kappa shape index (κ2) is 8.97. The van der Waals surface area contributed by atoms with Gasteiger partial charge in [0.25, 0.3) is 0 Å². The molecule has 5 heteroatoms. The molecule has 3 rings (SSSR count). The lowest BCUT2D eigenvalue weighted by Crippen LogP contribution is -2.40. The van der Waals surface area contributed by atoms with E-state index < -0.39 is 0 Å². The number of nitrogens with zero attached hydrogens (tertiary/aromatic N) is 2. The molecule has 1 aliphatic heterocycles. The first kappa shape index (κ1) is 17.1. The maximum absolute atomic E-state index is 5.53. The Kier molecular flexibility index (Phi) is 6.41. The van der Waals surface area contributed by atoms with Crippen LogP contribution in [0.5, 0.6) is 0 Å². The van der Waals surface area contributed by atoms with Gasteiger partial charge in [-0.15, -0.1) is 11.3 Å². The predicted octanol–water partition coefficient (Wildman–Crippen LogP) is 4.21. The van der Waals surface area contributed by atoms with Crippen molar-refractivity contribution < 1.29 is 0 Å². The van der Waals surface area contributed by atoms with Crippen LogP contribution in [0.25, 0.3) is 10.1 Å². The number of rotatable bonds is 9. The maximum atomic E-state index is 5.53. The predicted molar refractivity (Wildman–Crippen MR) is 104 cm³/mol. The maximum Gasteiger partial charge on any atom is 0.106 e. The van der Waals surface area contributed by atoms with Crippen LogP contribution in [-0.2, 0) is 0 Å². The van der Waals surface area contributed by atoms with Crippen molar-refractivity contribution in [2.75, 3.05) is 13.1 Å². The van der Waals surface area contributed by atoms with E-state index >= 15 is 0 Å². The number of nitrogens with one attached hydrogen (secondary N) is 1. The lowest BCUT2D eigenvalue weighted by Gasteiger charge is -2.29. The number of hydrogen-bond acceptors (Lipinski definition) is 5. The van der Waals surface area contributed by atoms with E-state index in [2.05, 4.69) is 51.8 Å². The van der Waals surface area contributed by atoms with Crippen molar-refractivity contribution in [2.45, 2.75) is 38.1 Å². The van der Waals surface area contributed by atoms with Crippen LogP contribution in [0.1, 0.15) is 43.0 Å². The summed E-state index contributed by atoms with van der Waals surface area (Å²) >= 11 is 1.85. The van der Waals surface area contributed by atoms with Gasteiger partial charge in [-0.3, -0.25) is 5.01 Å². The summed E-state index contributed by atoms with van der Waals surface area (Å²) < 4.78 is 1.34. The van der Waals surface area contributed by atoms with Crippen LogP contribution in [0.3, 0.4) is 0 Å². The van der Waals surface area contributed by atoms with Gasteiger partial charge in [-0.2, -0.15) is 0 Å². The van der Waals surface area contributed by atoms with Gasteiger partial charge < -0.3 is 5.73 Å². The molecular weight excluding hydrogens is 316 g/mol. The van der Waals surface area contributed by atoms with Gasteiger partial charge in [0.2, 0.25) is 0 Å². The van der Waals surface area contributed by atoms with Crippen molar-refractivity contribution in [1.82, 2.24) is 10.4 Å². The van der Waals surface area contributed by atoms with Gasteiger partial charge in [-0.25, -0.2) is 10.4 Å². The summed E-state index contributed by atoms with van der Waals surface area (Å²) in [6, 6.07) is 11.1. The minimum atomic E-state index is 0.220. The van der Waals surface area contributed by atoms with Crippen LogP contribution in [0.15, 0.2) is 47.6 Å². The molecule has 0 bridgehead atoms. The van der Waals surface area contributed by atoms with Crippen molar-refractivity contribution in [1.29, 1.82) is 0 Å². The average Bonchev–Trinajstić information content (AvgIpc) is 3.05. The van der Waals surface area contributed by atoms with Crippen molar-refractivity contribution >= 4 is 27.8 Å². The van der Waals surface area contributed by atoms with Crippen molar-refractivity contribution in [2.24, 2.45) is 10.7 Å². The van der Waals surface area contributed by atoms with E-state index in [1.54, 1.807) is 0 Å². The average molecular weight is 343 g/mol. The largest absolute Gasteiger partial charge is 0.330 e. The Bertz CT molecular complexity index is 658. The Balaban J connectivity index is 1.54. The summed E-state index contributed by atoms with van der Waals surface area (Å²) in [6.07, 6.45) is 12.0. The Morgan fingerprint density at radius 3 is 2.83 bits per heavy atom. The number of hydrazine groups is 1. The molecule has 0 amide bonds. The van der Waals surface area contributed by atoms with E-state index in [1.165, 1.54) is 40.6 Å². The van der Waals surface area contributed by atoms with Crippen LogP contribution >= 0.6 is 11.3 Å². The first-order chi connectivity index (χ1) is 11.9. The standard InChI is InChI=1S/C19H26N4S/c20-11-6-2-1-3-7-12-22-23-15-21-13-10-17(23)19-14-16-8-4-5-9-18(16)24-19/h4-5,8-10,13-15,17,22H,1-3,6-7,11-12,20H2. The summed E-state index contributed by atoms with van der Waals surface area (Å²) in [7, 11) is 0. The summed E-state index contributed by atoms with van der Waals surface area (Å²) in [5, 5.41) is 3.44. The molecule has 1 aliphatic rings. The number of fused-ring (bicyclic) bond motifs is 1. The molecule has 3 N–H and O–H groups in total. The number of unbranched alkanes of at least 4 members (excludes halogenated alkanes) is 4. The summed E-state index contributed by atoms with van der Waals surface area (Å²) in [4.78, 5) is 5.62. The summed E-state index contributed by atoms with van der Waals surface area (Å²) in [5.74, 6) is 0. The third-order valence-electron chi connectivity index (χ3n) is 4.26. The Morgan fingerprint density at radius 2 is 1.96 bits per heavy atom. The van der Waals surface area contributed by atoms with Gasteiger partial charge in [-0.1, -0.05) is 37.5 Å². The fourth-order valence-corrected chi connectivity index (χ4v) is 4.08. The highest BCUT2D eigenvalue weighted by Crippen LogP contribution is 2.33. The molecule has 1 atom stereocenters. The zero-order valence-corrected chi connectivity index (χ0v) is 14.8. The molecule has 24 heavy (non-hydrogen) atoms. The number of hydrogen-bond donors (Lipinski definition) is 2. The third kappa shape index (κ3) is 4.44. The fourth-order valence-electron chi connectivity index (χ4n) is 2.93. The molecule has 2 aromatic rings. The van der Waals surface area contributed by atoms with Gasteiger partial charge in [0.15, 0.2) is 0 Å². The van der Waals surface area contributed by atoms with Crippen LogP contribution in [-0.4, -0.2) is 24.4 Å². The summed E-state index contributed by atoms with van der Waals surface area (Å²) in [6.45, 7) is 1.79. The minimum absolute atomic E-state index is 0.220. The molecule has 2 heterocycles. The van der Waals surface area contributed by atoms with Gasteiger partial charge in [0, 0.05) is 22.3 Å². The highest BCUT2D eigenvalue weighted by molar-refractivity contribution is 7.19. The molecular formula is C19H26N4S. The quantitative estimate of drug-likeness (QED) is 0.671. The molecule has 0 spiro atoms. The number of benzene rings is 1. The van der Waals surface area contributed by atoms with Crippen molar-refractivity contribution in [3.05, 3.63) is 47.5 Å². The number of aliphatic imine (C=N–C) groups is 1. The topological polar surface area (TPSA) is 53.6 Å². The molecule has 4 nitrogen and oxygen atoms in total. The second-order valence-corrected chi connectivity index (χ2v) is 7.22. The van der Waals surface area contributed by atoms with Crippen LogP contribution in [0.2, 0.25) is 0 Å². The first-order valence-corrected chi connectivity index (χ1v) is 9.60. The monoisotopic (exact) mass is 342 g/mol. The smallest absolute Gasteiger partial charge is 0.106 e. The SMILES string of the molecule is NCCCCCCCNN1C=NC=CC1c1cc2ccccc2s1. The molecule has 0 saturated heterocycles. The molecule has 0 aliphatic carbocycles. The van der Waals surface area contributed by atoms with Gasteiger partial charge in [-0.05, 0) is 43.0 Å². The zero-order chi connectivity index (χ0) is 16.6. The van der Waals surface area contributed by atoms with Crippen LogP contribution < -0.4 is 11.2 Å². The molecule has 128 valence electrons. The number of nitrogens with two attached hydrogens (primary N) is 1. The Labute approximate surface area is 148 Å². The van der Waals surface area contributed by atoms with Gasteiger partial charge in [0.05, 0.1) is 0 Å². The van der Waals surface area contributed by atoms with E-state index in [-0.39, 0.29) is 6.04 Å². The van der Waals surface area contributed by atoms with Crippen LogP contribution in [0, 0.1) is 0 Å². The minimum Gasteiger partial charge on any atom is -0.330 e. The van der Waals surface area contributed by atoms with Gasteiger partial charge in [0.1, 0.15) is 12.4 Å². The molecule has 0 fully saturated rings. The zero-order valence-electron chi connectivity index (χ0n) is 14.0. The van der Waals surface area contributed by atoms with E-state index in [4.69, 9.17) is 5.73 Å². The normalized spacial score (nSPS) is 17.0. The van der Waals surface area contributed by atoms with E-state index in [1.807, 2.05) is 23.9 Å². The lowest BCUT2D eigenvalue weighted by molar-refractivity contribution is 0.269. The van der Waals surface area contributed by atoms with E-state index in [9.17, 15) is 0 Å². The Morgan fingerprint density at radius 1 is 1.12 bits per heavy atom. The molecule has 0 radical (unpaired) electrons. The lowest BCUT2D eigenvalue weighted by atomic mass is 10.1. The van der Waals surface area contributed by atoms with Crippen LogP contribution in [0.4, 0.5) is 0 Å². The van der Waals surface area contributed by atoms with E-state index in [0.717, 1.165) is 19.5 Å². The second-order valence-electron chi connectivity index (χ2n) is 6.11. The van der Waals surface area contributed by atoms with Crippen molar-refractivity contribution in [3.63, 3.8) is 0 Å². The molecule has 0 saturated carbocycles. The Hall–Kier alpha value is -1.69. The summed E-state index contributed by atoms with van der Waals surface area (Å²) in [5.41, 5.74) is 9.05. The molecule has 1 aromatic heterocycles. The highest BCUT2D eigenvalue weighted by Gasteiger charge is 2.19. The molecule has 1 aromatic carbocycles. The van der Waals surface area contributed by atoms with E-state index in [0.29, 0.717) is 0 Å².